The summed E-state index contributed by atoms with van der Waals surface area (Å²) in [5.41, 5.74) is 6.53. The molecule has 0 aliphatic carbocycles. The van der Waals surface area contributed by atoms with Crippen molar-refractivity contribution >= 4 is 24.1 Å². The quantitative estimate of drug-likeness (QED) is 0.344. The Morgan fingerprint density at radius 3 is 2.80 bits per heavy atom. The van der Waals surface area contributed by atoms with Crippen molar-refractivity contribution in [1.29, 1.82) is 0 Å². The third-order valence-corrected chi connectivity index (χ3v) is 1.80. The van der Waals surface area contributed by atoms with E-state index in [4.69, 9.17) is 5.73 Å². The van der Waals surface area contributed by atoms with E-state index in [1.165, 1.54) is 12.1 Å². The number of hydrogen-bond acceptors (Lipinski definition) is 3. The van der Waals surface area contributed by atoms with Gasteiger partial charge < -0.3 is 5.73 Å². The molecule has 0 aliphatic heterocycles. The summed E-state index contributed by atoms with van der Waals surface area (Å²) < 4.78 is 0. The van der Waals surface area contributed by atoms with Crippen molar-refractivity contribution in [3.63, 3.8) is 0 Å². The monoisotopic (exact) mass is 206 g/mol. The lowest BCUT2D eigenvalue weighted by Gasteiger charge is -1.99. The van der Waals surface area contributed by atoms with Gasteiger partial charge in [0.25, 0.3) is 5.69 Å². The number of benzene rings is 1. The minimum absolute atomic E-state index is 0.0152. The zero-order chi connectivity index (χ0) is 11.4. The van der Waals surface area contributed by atoms with Crippen LogP contribution in [0.15, 0.2) is 28.2 Å². The minimum atomic E-state index is -0.490. The number of aryl methyl sites for hydroxylation is 1. The van der Waals surface area contributed by atoms with Gasteiger partial charge in [-0.3, -0.25) is 10.1 Å². The van der Waals surface area contributed by atoms with Crippen molar-refractivity contribution in [3.8, 4) is 0 Å². The van der Waals surface area contributed by atoms with Crippen LogP contribution in [0.1, 0.15) is 5.56 Å². The number of nitrogens with two attached hydrogens (primary N) is 1. The molecule has 1 aromatic carbocycles. The van der Waals surface area contributed by atoms with Crippen molar-refractivity contribution in [3.05, 3.63) is 33.9 Å². The molecule has 0 unspecified atom stereocenters. The van der Waals surface area contributed by atoms with Gasteiger partial charge in [0.15, 0.2) is 0 Å². The molecule has 0 saturated carbocycles. The van der Waals surface area contributed by atoms with Crippen molar-refractivity contribution < 1.29 is 4.92 Å². The Balaban J connectivity index is 3.22. The molecule has 0 fully saturated rings. The molecule has 15 heavy (non-hydrogen) atoms. The first-order valence-corrected chi connectivity index (χ1v) is 4.10. The van der Waals surface area contributed by atoms with Gasteiger partial charge in [0, 0.05) is 12.1 Å². The summed E-state index contributed by atoms with van der Waals surface area (Å²) in [4.78, 5) is 17.3. The molecule has 0 spiro atoms. The van der Waals surface area contributed by atoms with Crippen LogP contribution in [0.4, 0.5) is 11.4 Å². The molecule has 1 rings (SSSR count). The van der Waals surface area contributed by atoms with E-state index >= 15 is 0 Å². The van der Waals surface area contributed by atoms with Gasteiger partial charge in [-0.25, -0.2) is 9.98 Å². The smallest absolute Gasteiger partial charge is 0.271 e. The maximum atomic E-state index is 10.5. The van der Waals surface area contributed by atoms with Gasteiger partial charge in [0.2, 0.25) is 5.96 Å². The Morgan fingerprint density at radius 2 is 2.27 bits per heavy atom. The second-order valence-electron chi connectivity index (χ2n) is 2.86. The molecule has 6 nitrogen and oxygen atoms in total. The van der Waals surface area contributed by atoms with E-state index < -0.39 is 4.92 Å². The first-order valence-electron chi connectivity index (χ1n) is 4.10. The topological polar surface area (TPSA) is 93.9 Å². The van der Waals surface area contributed by atoms with Crippen LogP contribution in [0.5, 0.6) is 0 Å². The predicted octanol–water partition coefficient (Wildman–Crippen LogP) is 1.55. The summed E-state index contributed by atoms with van der Waals surface area (Å²) in [6.07, 6.45) is 0. The number of hydrogen-bond donors (Lipinski definition) is 1. The number of non-ortho nitro benzene ring substituents is 1. The molecule has 0 aliphatic rings. The van der Waals surface area contributed by atoms with E-state index in [1.807, 2.05) is 0 Å². The number of nitro benzene ring substituents is 1. The van der Waals surface area contributed by atoms with Crippen LogP contribution in [0, 0.1) is 17.0 Å². The predicted molar refractivity (Wildman–Crippen MR) is 58.7 cm³/mol. The Kier molecular flexibility index (Phi) is 3.12. The Labute approximate surface area is 86.3 Å². The highest BCUT2D eigenvalue weighted by Crippen LogP contribution is 2.24. The van der Waals surface area contributed by atoms with Gasteiger partial charge in [-0.1, -0.05) is 6.07 Å². The normalized spacial score (nSPS) is 11.1. The average molecular weight is 206 g/mol. The summed E-state index contributed by atoms with van der Waals surface area (Å²) in [7, 11) is 0. The Bertz CT molecular complexity index is 440. The highest BCUT2D eigenvalue weighted by atomic mass is 16.6. The fourth-order valence-electron chi connectivity index (χ4n) is 0.991. The highest BCUT2D eigenvalue weighted by molar-refractivity contribution is 5.85. The third kappa shape index (κ3) is 2.60. The van der Waals surface area contributed by atoms with E-state index in [1.54, 1.807) is 13.0 Å². The number of nitro groups is 1. The van der Waals surface area contributed by atoms with E-state index in [0.29, 0.717) is 5.69 Å². The van der Waals surface area contributed by atoms with Crippen LogP contribution in [-0.4, -0.2) is 17.6 Å². The summed E-state index contributed by atoms with van der Waals surface area (Å²) in [6.45, 7) is 4.98. The van der Waals surface area contributed by atoms with Crippen LogP contribution >= 0.6 is 0 Å². The molecular formula is C9H10N4O2. The SMILES string of the molecule is C=NC(N)=Nc1cc([N+](=O)[O-])ccc1C. The third-order valence-electron chi connectivity index (χ3n) is 1.80. The lowest BCUT2D eigenvalue weighted by atomic mass is 10.2. The molecule has 1 aromatic rings. The maximum absolute atomic E-state index is 10.5. The van der Waals surface area contributed by atoms with Crippen molar-refractivity contribution in [1.82, 2.24) is 0 Å². The van der Waals surface area contributed by atoms with Gasteiger partial charge >= 0.3 is 0 Å². The van der Waals surface area contributed by atoms with Crippen molar-refractivity contribution in [2.45, 2.75) is 6.92 Å². The lowest BCUT2D eigenvalue weighted by Crippen LogP contribution is -2.06. The first-order chi connectivity index (χ1) is 7.04. The molecule has 0 amide bonds. The summed E-state index contributed by atoms with van der Waals surface area (Å²) in [5, 5.41) is 10.5. The second-order valence-corrected chi connectivity index (χ2v) is 2.86. The molecule has 0 bridgehead atoms. The number of nitrogens with zero attached hydrogens (tertiary/aromatic N) is 3. The zero-order valence-electron chi connectivity index (χ0n) is 8.17. The van der Waals surface area contributed by atoms with E-state index in [-0.39, 0.29) is 11.6 Å². The molecule has 0 heterocycles. The van der Waals surface area contributed by atoms with Crippen molar-refractivity contribution in [2.75, 3.05) is 0 Å². The molecule has 78 valence electrons. The summed E-state index contributed by atoms with van der Waals surface area (Å²) >= 11 is 0. The van der Waals surface area contributed by atoms with Crippen LogP contribution in [0.2, 0.25) is 0 Å². The number of guanidine groups is 1. The van der Waals surface area contributed by atoms with E-state index in [2.05, 4.69) is 16.7 Å². The molecule has 6 heteroatoms. The molecule has 0 atom stereocenters. The number of aliphatic imine (C=N–C) groups is 2. The van der Waals surface area contributed by atoms with Crippen LogP contribution in [0.25, 0.3) is 0 Å². The fourth-order valence-corrected chi connectivity index (χ4v) is 0.991. The fraction of sp³-hybridized carbons (Fsp3) is 0.111. The van der Waals surface area contributed by atoms with Gasteiger partial charge in [-0.2, -0.15) is 0 Å². The molecule has 0 saturated heterocycles. The zero-order valence-corrected chi connectivity index (χ0v) is 8.17. The van der Waals surface area contributed by atoms with Crippen LogP contribution in [-0.2, 0) is 0 Å². The largest absolute Gasteiger partial charge is 0.368 e. The summed E-state index contributed by atoms with van der Waals surface area (Å²) in [6, 6.07) is 4.35. The van der Waals surface area contributed by atoms with E-state index in [9.17, 15) is 10.1 Å². The van der Waals surface area contributed by atoms with Gasteiger partial charge in [-0.15, -0.1) is 0 Å². The minimum Gasteiger partial charge on any atom is -0.368 e. The standard InChI is InChI=1S/C9H10N4O2/c1-6-3-4-7(13(14)15)5-8(6)12-9(10)11-2/h3-5H,2H2,1H3,(H2,10,12). The van der Waals surface area contributed by atoms with E-state index in [0.717, 1.165) is 5.56 Å². The molecule has 0 radical (unpaired) electrons. The average Bonchev–Trinajstić information content (AvgIpc) is 2.20. The van der Waals surface area contributed by atoms with Crippen molar-refractivity contribution in [2.24, 2.45) is 15.7 Å². The highest BCUT2D eigenvalue weighted by Gasteiger charge is 2.07. The number of rotatable bonds is 2. The second kappa shape index (κ2) is 4.32. The Morgan fingerprint density at radius 1 is 1.60 bits per heavy atom. The van der Waals surface area contributed by atoms with Gasteiger partial charge in [0.1, 0.15) is 0 Å². The Hall–Kier alpha value is -2.24. The maximum Gasteiger partial charge on any atom is 0.271 e. The van der Waals surface area contributed by atoms with Gasteiger partial charge in [-0.05, 0) is 19.2 Å². The van der Waals surface area contributed by atoms with Gasteiger partial charge in [0.05, 0.1) is 10.6 Å². The van der Waals surface area contributed by atoms with Crippen LogP contribution < -0.4 is 5.73 Å². The summed E-state index contributed by atoms with van der Waals surface area (Å²) in [5.74, 6) is -0.0152. The van der Waals surface area contributed by atoms with Crippen LogP contribution in [0.3, 0.4) is 0 Å². The first kappa shape index (κ1) is 10.8. The molecule has 0 aromatic heterocycles. The molecular weight excluding hydrogens is 196 g/mol. The molecule has 2 N–H and O–H groups in total. The lowest BCUT2D eigenvalue weighted by molar-refractivity contribution is -0.384.